The second-order valence-electron chi connectivity index (χ2n) is 6.49. The minimum atomic E-state index is -0.331. The van der Waals surface area contributed by atoms with Crippen LogP contribution in [0.1, 0.15) is 38.2 Å². The lowest BCUT2D eigenvalue weighted by Gasteiger charge is -2.42. The SMILES string of the molecule is CCCCCCOC(=O)NCC1(NCCc2ccccc2)COC1. The van der Waals surface area contributed by atoms with Crippen LogP contribution in [0.25, 0.3) is 0 Å². The molecule has 1 aliphatic rings. The fraction of sp³-hybridized carbons (Fsp3) is 0.632. The first-order valence-corrected chi connectivity index (χ1v) is 9.01. The van der Waals surface area contributed by atoms with E-state index in [-0.39, 0.29) is 11.6 Å². The van der Waals surface area contributed by atoms with Crippen molar-refractivity contribution in [2.24, 2.45) is 0 Å². The molecule has 24 heavy (non-hydrogen) atoms. The van der Waals surface area contributed by atoms with Gasteiger partial charge in [-0.1, -0.05) is 56.5 Å². The van der Waals surface area contributed by atoms with Crippen molar-refractivity contribution in [1.82, 2.24) is 10.6 Å². The zero-order chi connectivity index (χ0) is 17.1. The molecule has 0 aliphatic carbocycles. The van der Waals surface area contributed by atoms with Crippen molar-refractivity contribution in [3.63, 3.8) is 0 Å². The lowest BCUT2D eigenvalue weighted by molar-refractivity contribution is -0.0720. The standard InChI is InChI=1S/C19H30N2O3/c1-2-3-4-8-13-24-18(22)20-14-19(15-23-16-19)21-12-11-17-9-6-5-7-10-17/h5-7,9-10,21H,2-4,8,11-16H2,1H3,(H,20,22). The van der Waals surface area contributed by atoms with Crippen LogP contribution in [0.4, 0.5) is 4.79 Å². The van der Waals surface area contributed by atoms with E-state index in [1.165, 1.54) is 18.4 Å². The Morgan fingerprint density at radius 1 is 1.21 bits per heavy atom. The monoisotopic (exact) mass is 334 g/mol. The molecule has 1 aromatic carbocycles. The minimum absolute atomic E-state index is 0.157. The fourth-order valence-corrected chi connectivity index (χ4v) is 2.72. The maximum atomic E-state index is 11.8. The van der Waals surface area contributed by atoms with Gasteiger partial charge in [-0.2, -0.15) is 0 Å². The molecule has 0 saturated carbocycles. The summed E-state index contributed by atoms with van der Waals surface area (Å²) in [5, 5.41) is 6.39. The van der Waals surface area contributed by atoms with E-state index < -0.39 is 0 Å². The van der Waals surface area contributed by atoms with Gasteiger partial charge in [-0.15, -0.1) is 0 Å². The van der Waals surface area contributed by atoms with Crippen molar-refractivity contribution in [2.75, 3.05) is 32.9 Å². The summed E-state index contributed by atoms with van der Waals surface area (Å²) >= 11 is 0. The van der Waals surface area contributed by atoms with E-state index in [2.05, 4.69) is 41.8 Å². The summed E-state index contributed by atoms with van der Waals surface area (Å²) in [5.41, 5.74) is 1.15. The van der Waals surface area contributed by atoms with Crippen molar-refractivity contribution in [3.05, 3.63) is 35.9 Å². The predicted octanol–water partition coefficient (Wildman–Crippen LogP) is 2.89. The molecule has 0 spiro atoms. The number of benzene rings is 1. The number of nitrogens with one attached hydrogen (secondary N) is 2. The molecule has 1 heterocycles. The van der Waals surface area contributed by atoms with Gasteiger partial charge in [0.15, 0.2) is 0 Å². The molecule has 134 valence electrons. The van der Waals surface area contributed by atoms with E-state index in [0.29, 0.717) is 26.4 Å². The van der Waals surface area contributed by atoms with E-state index in [9.17, 15) is 4.79 Å². The van der Waals surface area contributed by atoms with Gasteiger partial charge in [0.1, 0.15) is 0 Å². The van der Waals surface area contributed by atoms with Crippen molar-refractivity contribution in [2.45, 2.75) is 44.6 Å². The summed E-state index contributed by atoms with van der Waals surface area (Å²) in [6, 6.07) is 10.4. The number of ether oxygens (including phenoxy) is 2. The van der Waals surface area contributed by atoms with E-state index in [1.807, 2.05) is 6.07 Å². The van der Waals surface area contributed by atoms with Crippen LogP contribution in [-0.4, -0.2) is 44.5 Å². The number of alkyl carbamates (subject to hydrolysis) is 1. The van der Waals surface area contributed by atoms with Crippen LogP contribution in [0.15, 0.2) is 30.3 Å². The smallest absolute Gasteiger partial charge is 0.407 e. The number of rotatable bonds is 11. The van der Waals surface area contributed by atoms with E-state index in [0.717, 1.165) is 25.8 Å². The molecule has 1 saturated heterocycles. The molecule has 5 nitrogen and oxygen atoms in total. The van der Waals surface area contributed by atoms with Gasteiger partial charge in [-0.3, -0.25) is 0 Å². The third-order valence-corrected chi connectivity index (χ3v) is 4.32. The van der Waals surface area contributed by atoms with Crippen LogP contribution < -0.4 is 10.6 Å². The molecule has 5 heteroatoms. The van der Waals surface area contributed by atoms with E-state index in [1.54, 1.807) is 0 Å². The van der Waals surface area contributed by atoms with Gasteiger partial charge in [-0.05, 0) is 24.9 Å². The Balaban J connectivity index is 1.61. The first-order valence-electron chi connectivity index (χ1n) is 9.01. The summed E-state index contributed by atoms with van der Waals surface area (Å²) < 4.78 is 10.6. The van der Waals surface area contributed by atoms with Gasteiger partial charge in [0, 0.05) is 6.54 Å². The Hall–Kier alpha value is -1.59. The Morgan fingerprint density at radius 3 is 2.67 bits per heavy atom. The number of amides is 1. The molecule has 1 aliphatic heterocycles. The van der Waals surface area contributed by atoms with Gasteiger partial charge < -0.3 is 20.1 Å². The van der Waals surface area contributed by atoms with Gasteiger partial charge in [0.05, 0.1) is 25.4 Å². The molecular formula is C19H30N2O3. The summed E-state index contributed by atoms with van der Waals surface area (Å²) in [5.74, 6) is 0. The first-order chi connectivity index (χ1) is 11.7. The predicted molar refractivity (Wildman–Crippen MR) is 95.2 cm³/mol. The van der Waals surface area contributed by atoms with Crippen molar-refractivity contribution >= 4 is 6.09 Å². The van der Waals surface area contributed by atoms with E-state index >= 15 is 0 Å². The minimum Gasteiger partial charge on any atom is -0.450 e. The maximum absolute atomic E-state index is 11.8. The number of carbonyl (C=O) groups excluding carboxylic acids is 1. The number of carbonyl (C=O) groups is 1. The Morgan fingerprint density at radius 2 is 2.00 bits per heavy atom. The average molecular weight is 334 g/mol. The number of hydrogen-bond acceptors (Lipinski definition) is 4. The molecule has 1 aromatic rings. The van der Waals surface area contributed by atoms with E-state index in [4.69, 9.17) is 9.47 Å². The third-order valence-electron chi connectivity index (χ3n) is 4.32. The topological polar surface area (TPSA) is 59.6 Å². The number of unbranched alkanes of at least 4 members (excludes halogenated alkanes) is 3. The van der Waals surface area contributed by atoms with Crippen LogP contribution in [0, 0.1) is 0 Å². The van der Waals surface area contributed by atoms with Crippen LogP contribution in [0.5, 0.6) is 0 Å². The highest BCUT2D eigenvalue weighted by Gasteiger charge is 2.38. The normalized spacial score (nSPS) is 15.5. The summed E-state index contributed by atoms with van der Waals surface area (Å²) in [6.45, 7) is 5.31. The molecule has 2 N–H and O–H groups in total. The van der Waals surface area contributed by atoms with Crippen LogP contribution >= 0.6 is 0 Å². The van der Waals surface area contributed by atoms with Gasteiger partial charge in [0.25, 0.3) is 0 Å². The van der Waals surface area contributed by atoms with Crippen LogP contribution in [0.2, 0.25) is 0 Å². The van der Waals surface area contributed by atoms with Gasteiger partial charge in [-0.25, -0.2) is 4.79 Å². The summed E-state index contributed by atoms with van der Waals surface area (Å²) in [7, 11) is 0. The van der Waals surface area contributed by atoms with Gasteiger partial charge in [0.2, 0.25) is 0 Å². The Labute approximate surface area is 145 Å². The van der Waals surface area contributed by atoms with Crippen molar-refractivity contribution in [3.8, 4) is 0 Å². The molecule has 0 aromatic heterocycles. The zero-order valence-corrected chi connectivity index (χ0v) is 14.7. The van der Waals surface area contributed by atoms with Crippen molar-refractivity contribution < 1.29 is 14.3 Å². The lowest BCUT2D eigenvalue weighted by atomic mass is 9.97. The van der Waals surface area contributed by atoms with Gasteiger partial charge >= 0.3 is 6.09 Å². The highest BCUT2D eigenvalue weighted by atomic mass is 16.5. The molecule has 2 rings (SSSR count). The quantitative estimate of drug-likeness (QED) is 0.611. The summed E-state index contributed by atoms with van der Waals surface area (Å²) in [6.07, 6.45) is 5.06. The third kappa shape index (κ3) is 6.49. The van der Waals surface area contributed by atoms with Crippen molar-refractivity contribution in [1.29, 1.82) is 0 Å². The Kier molecular flexibility index (Phi) is 8.05. The molecule has 0 bridgehead atoms. The lowest BCUT2D eigenvalue weighted by Crippen LogP contribution is -2.66. The summed E-state index contributed by atoms with van der Waals surface area (Å²) in [4.78, 5) is 11.8. The molecule has 0 unspecified atom stereocenters. The largest absolute Gasteiger partial charge is 0.450 e. The first kappa shape index (κ1) is 18.7. The molecular weight excluding hydrogens is 304 g/mol. The fourth-order valence-electron chi connectivity index (χ4n) is 2.72. The highest BCUT2D eigenvalue weighted by molar-refractivity contribution is 5.67. The maximum Gasteiger partial charge on any atom is 0.407 e. The highest BCUT2D eigenvalue weighted by Crippen LogP contribution is 2.16. The second-order valence-corrected chi connectivity index (χ2v) is 6.49. The number of hydrogen-bond donors (Lipinski definition) is 2. The molecule has 0 atom stereocenters. The van der Waals surface area contributed by atoms with Crippen LogP contribution in [-0.2, 0) is 15.9 Å². The van der Waals surface area contributed by atoms with Crippen LogP contribution in [0.3, 0.4) is 0 Å². The Bertz CT molecular complexity index is 475. The molecule has 1 amide bonds. The average Bonchev–Trinajstić information content (AvgIpc) is 2.57. The zero-order valence-electron chi connectivity index (χ0n) is 14.7. The molecule has 1 fully saturated rings. The second kappa shape index (κ2) is 10.3. The molecule has 0 radical (unpaired) electrons.